The van der Waals surface area contributed by atoms with Crippen molar-refractivity contribution in [3.63, 3.8) is 0 Å². The molecule has 0 heterocycles. The van der Waals surface area contributed by atoms with Gasteiger partial charge in [-0.1, -0.05) is 29.3 Å². The van der Waals surface area contributed by atoms with Gasteiger partial charge in [-0.3, -0.25) is 5.43 Å². The van der Waals surface area contributed by atoms with Gasteiger partial charge in [-0.05, 0) is 42.8 Å². The molecule has 0 saturated heterocycles. The van der Waals surface area contributed by atoms with E-state index in [9.17, 15) is 13.2 Å². The van der Waals surface area contributed by atoms with Gasteiger partial charge in [0.05, 0.1) is 22.0 Å². The number of anilines is 2. The van der Waals surface area contributed by atoms with Crippen LogP contribution in [0.15, 0.2) is 36.4 Å². The molecule has 0 amide bonds. The first-order chi connectivity index (χ1) is 9.79. The van der Waals surface area contributed by atoms with Crippen LogP contribution < -0.4 is 10.9 Å². The number of rotatable bonds is 3. The van der Waals surface area contributed by atoms with Crippen molar-refractivity contribution < 1.29 is 13.2 Å². The molecule has 0 aromatic heterocycles. The summed E-state index contributed by atoms with van der Waals surface area (Å²) in [5.74, 6) is 0. The molecule has 0 aliphatic carbocycles. The van der Waals surface area contributed by atoms with Crippen molar-refractivity contribution in [2.75, 3.05) is 10.9 Å². The van der Waals surface area contributed by atoms with Crippen LogP contribution in [0.4, 0.5) is 24.5 Å². The number of nitrogens with one attached hydrogen (secondary N) is 2. The highest BCUT2D eigenvalue weighted by Gasteiger charge is 2.30. The van der Waals surface area contributed by atoms with E-state index in [0.717, 1.165) is 17.7 Å². The van der Waals surface area contributed by atoms with Crippen LogP contribution in [0, 0.1) is 6.92 Å². The molecule has 0 saturated carbocycles. The van der Waals surface area contributed by atoms with Gasteiger partial charge in [-0.25, -0.2) is 0 Å². The third-order valence-corrected chi connectivity index (χ3v) is 3.63. The lowest BCUT2D eigenvalue weighted by Crippen LogP contribution is -2.12. The minimum atomic E-state index is -4.42. The smallest absolute Gasteiger partial charge is 0.301 e. The van der Waals surface area contributed by atoms with E-state index in [0.29, 0.717) is 10.7 Å². The average molecular weight is 335 g/mol. The highest BCUT2D eigenvalue weighted by molar-refractivity contribution is 6.33. The van der Waals surface area contributed by atoms with Crippen molar-refractivity contribution in [2.24, 2.45) is 0 Å². The van der Waals surface area contributed by atoms with Crippen LogP contribution in [0.5, 0.6) is 0 Å². The third-order valence-electron chi connectivity index (χ3n) is 2.89. The molecule has 112 valence electrons. The van der Waals surface area contributed by atoms with Gasteiger partial charge < -0.3 is 5.43 Å². The molecule has 21 heavy (non-hydrogen) atoms. The van der Waals surface area contributed by atoms with E-state index in [1.807, 2.05) is 0 Å². The van der Waals surface area contributed by atoms with E-state index < -0.39 is 11.7 Å². The van der Waals surface area contributed by atoms with Crippen LogP contribution in [0.25, 0.3) is 0 Å². The Labute approximate surface area is 129 Å². The number of hydrogen-bond acceptors (Lipinski definition) is 2. The maximum Gasteiger partial charge on any atom is 0.416 e. The molecular weight excluding hydrogens is 324 g/mol. The van der Waals surface area contributed by atoms with Crippen LogP contribution in [-0.4, -0.2) is 0 Å². The summed E-state index contributed by atoms with van der Waals surface area (Å²) in [5.41, 5.74) is 6.25. The predicted molar refractivity (Wildman–Crippen MR) is 79.9 cm³/mol. The van der Waals surface area contributed by atoms with Gasteiger partial charge in [0.1, 0.15) is 0 Å². The van der Waals surface area contributed by atoms with Crippen molar-refractivity contribution >= 4 is 34.6 Å². The zero-order valence-electron chi connectivity index (χ0n) is 10.9. The Bertz CT molecular complexity index is 657. The molecule has 0 bridgehead atoms. The third kappa shape index (κ3) is 3.74. The second kappa shape index (κ2) is 6.03. The maximum atomic E-state index is 12.7. The van der Waals surface area contributed by atoms with Gasteiger partial charge in [-0.2, -0.15) is 13.2 Å². The Kier molecular flexibility index (Phi) is 4.54. The second-order valence-electron chi connectivity index (χ2n) is 4.35. The van der Waals surface area contributed by atoms with Crippen molar-refractivity contribution in [2.45, 2.75) is 13.1 Å². The van der Waals surface area contributed by atoms with Crippen molar-refractivity contribution in [3.8, 4) is 0 Å². The van der Waals surface area contributed by atoms with Crippen LogP contribution in [0.3, 0.4) is 0 Å². The van der Waals surface area contributed by atoms with Crippen molar-refractivity contribution in [1.29, 1.82) is 0 Å². The molecule has 0 aliphatic rings. The molecule has 0 aliphatic heterocycles. The van der Waals surface area contributed by atoms with E-state index >= 15 is 0 Å². The van der Waals surface area contributed by atoms with Gasteiger partial charge in [0.25, 0.3) is 0 Å². The lowest BCUT2D eigenvalue weighted by atomic mass is 10.2. The SMILES string of the molecule is Cc1c(Cl)cccc1NNc1cc(C(F)(F)F)ccc1Cl. The Hall–Kier alpha value is -1.59. The summed E-state index contributed by atoms with van der Waals surface area (Å²) in [6.45, 7) is 1.79. The first-order valence-electron chi connectivity index (χ1n) is 5.93. The van der Waals surface area contributed by atoms with Gasteiger partial charge in [-0.15, -0.1) is 0 Å². The fraction of sp³-hybridized carbons (Fsp3) is 0.143. The zero-order chi connectivity index (χ0) is 15.6. The van der Waals surface area contributed by atoms with Crippen LogP contribution in [-0.2, 0) is 6.18 Å². The summed E-state index contributed by atoms with van der Waals surface area (Å²) in [5, 5.41) is 0.729. The highest BCUT2D eigenvalue weighted by Crippen LogP contribution is 2.34. The summed E-state index contributed by atoms with van der Waals surface area (Å²) in [6.07, 6.45) is -4.42. The monoisotopic (exact) mass is 334 g/mol. The summed E-state index contributed by atoms with van der Waals surface area (Å²) in [6, 6.07) is 8.26. The number of hydrazine groups is 1. The van der Waals surface area contributed by atoms with Gasteiger partial charge in [0, 0.05) is 5.02 Å². The summed E-state index contributed by atoms with van der Waals surface area (Å²) < 4.78 is 38.0. The second-order valence-corrected chi connectivity index (χ2v) is 5.17. The Morgan fingerprint density at radius 3 is 2.24 bits per heavy atom. The van der Waals surface area contributed by atoms with Crippen molar-refractivity contribution in [1.82, 2.24) is 0 Å². The number of halogens is 5. The normalized spacial score (nSPS) is 11.3. The summed E-state index contributed by atoms with van der Waals surface area (Å²) in [7, 11) is 0. The number of benzene rings is 2. The maximum absolute atomic E-state index is 12.7. The van der Waals surface area contributed by atoms with E-state index in [1.165, 1.54) is 6.07 Å². The lowest BCUT2D eigenvalue weighted by molar-refractivity contribution is -0.137. The first kappa shape index (κ1) is 15.8. The number of alkyl halides is 3. The molecule has 0 spiro atoms. The van der Waals surface area contributed by atoms with Crippen LogP contribution >= 0.6 is 23.2 Å². The van der Waals surface area contributed by atoms with E-state index in [1.54, 1.807) is 25.1 Å². The fourth-order valence-electron chi connectivity index (χ4n) is 1.67. The molecule has 0 radical (unpaired) electrons. The van der Waals surface area contributed by atoms with Gasteiger partial charge >= 0.3 is 6.18 Å². The molecule has 7 heteroatoms. The molecule has 0 fully saturated rings. The Balaban J connectivity index is 2.22. The zero-order valence-corrected chi connectivity index (χ0v) is 12.4. The van der Waals surface area contributed by atoms with E-state index in [2.05, 4.69) is 10.9 Å². The molecule has 2 aromatic carbocycles. The largest absolute Gasteiger partial charge is 0.416 e. The highest BCUT2D eigenvalue weighted by atomic mass is 35.5. The molecule has 2 aromatic rings. The fourth-order valence-corrected chi connectivity index (χ4v) is 2.01. The lowest BCUT2D eigenvalue weighted by Gasteiger charge is -2.15. The standard InChI is InChI=1S/C14H11Cl2F3N2/c1-8-10(15)3-2-4-12(8)20-21-13-7-9(14(17,18)19)5-6-11(13)16/h2-7,20-21H,1H3. The average Bonchev–Trinajstić information content (AvgIpc) is 2.40. The van der Waals surface area contributed by atoms with Crippen LogP contribution in [0.2, 0.25) is 10.0 Å². The molecule has 2 N–H and O–H groups in total. The quantitative estimate of drug-likeness (QED) is 0.697. The predicted octanol–water partition coefficient (Wildman–Crippen LogP) is 5.76. The molecule has 0 unspecified atom stereocenters. The number of hydrogen-bond donors (Lipinski definition) is 2. The molecular formula is C14H11Cl2F3N2. The van der Waals surface area contributed by atoms with Gasteiger partial charge in [0.2, 0.25) is 0 Å². The van der Waals surface area contributed by atoms with E-state index in [4.69, 9.17) is 23.2 Å². The molecule has 2 rings (SSSR count). The first-order valence-corrected chi connectivity index (χ1v) is 6.68. The molecule has 2 nitrogen and oxygen atoms in total. The summed E-state index contributed by atoms with van der Waals surface area (Å²) >= 11 is 11.9. The topological polar surface area (TPSA) is 24.1 Å². The van der Waals surface area contributed by atoms with Crippen molar-refractivity contribution in [3.05, 3.63) is 57.6 Å². The van der Waals surface area contributed by atoms with E-state index in [-0.39, 0.29) is 10.7 Å². The summed E-state index contributed by atoms with van der Waals surface area (Å²) in [4.78, 5) is 0. The van der Waals surface area contributed by atoms with Gasteiger partial charge in [0.15, 0.2) is 0 Å². The minimum absolute atomic E-state index is 0.130. The Morgan fingerprint density at radius 2 is 1.57 bits per heavy atom. The Morgan fingerprint density at radius 1 is 0.905 bits per heavy atom. The van der Waals surface area contributed by atoms with Crippen LogP contribution in [0.1, 0.15) is 11.1 Å². The molecule has 0 atom stereocenters. The minimum Gasteiger partial charge on any atom is -0.301 e.